The summed E-state index contributed by atoms with van der Waals surface area (Å²) in [5.74, 6) is 0.254. The number of fused-ring (bicyclic) bond motifs is 3. The van der Waals surface area contributed by atoms with Gasteiger partial charge in [0.25, 0.3) is 5.56 Å². The molecule has 22 heavy (non-hydrogen) atoms. The molecular weight excluding hydrogens is 300 g/mol. The molecule has 2 heterocycles. The van der Waals surface area contributed by atoms with Gasteiger partial charge in [-0.15, -0.1) is 11.3 Å². The second-order valence-electron chi connectivity index (χ2n) is 5.94. The van der Waals surface area contributed by atoms with Gasteiger partial charge < -0.3 is 4.74 Å². The van der Waals surface area contributed by atoms with Gasteiger partial charge in [-0.3, -0.25) is 9.36 Å². The first kappa shape index (κ1) is 15.2. The van der Waals surface area contributed by atoms with Crippen LogP contribution >= 0.6 is 11.3 Å². The molecule has 0 fully saturated rings. The zero-order valence-electron chi connectivity index (χ0n) is 13.1. The lowest BCUT2D eigenvalue weighted by Gasteiger charge is -2.18. The summed E-state index contributed by atoms with van der Waals surface area (Å²) < 4.78 is 6.24. The van der Waals surface area contributed by atoms with E-state index in [4.69, 9.17) is 4.74 Å². The highest BCUT2D eigenvalue weighted by molar-refractivity contribution is 7.18. The summed E-state index contributed by atoms with van der Waals surface area (Å²) in [7, 11) is 1.34. The number of ether oxygens (including phenoxy) is 1. The summed E-state index contributed by atoms with van der Waals surface area (Å²) in [5, 5.41) is 0.705. The first-order valence-electron chi connectivity index (χ1n) is 7.66. The number of methoxy groups -OCH3 is 1. The lowest BCUT2D eigenvalue weighted by atomic mass is 9.89. The number of rotatable bonds is 3. The van der Waals surface area contributed by atoms with Crippen molar-refractivity contribution < 1.29 is 9.53 Å². The van der Waals surface area contributed by atoms with Crippen molar-refractivity contribution in [3.63, 3.8) is 0 Å². The van der Waals surface area contributed by atoms with Crippen LogP contribution in [0, 0.1) is 5.92 Å². The molecule has 0 aromatic carbocycles. The Bertz CT molecular complexity index is 778. The number of carbonyl (C=O) groups excluding carboxylic acids is 1. The third-order valence-electron chi connectivity index (χ3n) is 4.44. The van der Waals surface area contributed by atoms with Gasteiger partial charge in [0.2, 0.25) is 0 Å². The summed E-state index contributed by atoms with van der Waals surface area (Å²) in [6.45, 7) is 4.10. The molecule has 0 unspecified atom stereocenters. The smallest absolute Gasteiger partial charge is 0.329 e. The molecule has 0 N–H and O–H groups in total. The maximum Gasteiger partial charge on any atom is 0.329 e. The first-order chi connectivity index (χ1) is 10.6. The molecule has 0 spiro atoms. The standard InChI is InChI=1S/C16H20N2O3S/c1-4-11(16(20)21-3)18-8-17-14-13(15(18)19)10-6-5-9(2)7-12(10)22-14/h8-9,11H,4-7H2,1-3H3/t9-,11+/m1/s1. The minimum absolute atomic E-state index is 0.116. The van der Waals surface area contributed by atoms with Crippen LogP contribution < -0.4 is 5.56 Å². The minimum Gasteiger partial charge on any atom is -0.467 e. The molecule has 1 aliphatic carbocycles. The second-order valence-corrected chi connectivity index (χ2v) is 7.02. The van der Waals surface area contributed by atoms with Crippen LogP contribution in [0.3, 0.4) is 0 Å². The fraction of sp³-hybridized carbons (Fsp3) is 0.562. The molecule has 2 atom stereocenters. The Hall–Kier alpha value is -1.69. The van der Waals surface area contributed by atoms with Crippen LogP contribution in [0.4, 0.5) is 0 Å². The Balaban J connectivity index is 2.17. The first-order valence-corrected chi connectivity index (χ1v) is 8.47. The number of thiophene rings is 1. The molecule has 0 bridgehead atoms. The highest BCUT2D eigenvalue weighted by atomic mass is 32.1. The lowest BCUT2D eigenvalue weighted by Crippen LogP contribution is -2.30. The predicted molar refractivity (Wildman–Crippen MR) is 86.4 cm³/mol. The number of nitrogens with zero attached hydrogens (tertiary/aromatic N) is 2. The van der Waals surface area contributed by atoms with Crippen molar-refractivity contribution >= 4 is 27.5 Å². The fourth-order valence-electron chi connectivity index (χ4n) is 3.18. The van der Waals surface area contributed by atoms with Crippen LogP contribution in [0.5, 0.6) is 0 Å². The maximum absolute atomic E-state index is 12.9. The molecular formula is C16H20N2O3S. The predicted octanol–water partition coefficient (Wildman–Crippen LogP) is 2.71. The minimum atomic E-state index is -0.604. The summed E-state index contributed by atoms with van der Waals surface area (Å²) in [6, 6.07) is -0.604. The zero-order chi connectivity index (χ0) is 15.9. The summed E-state index contributed by atoms with van der Waals surface area (Å²) in [4.78, 5) is 31.3. The molecule has 2 aromatic heterocycles. The van der Waals surface area contributed by atoms with E-state index in [0.717, 1.165) is 29.7 Å². The van der Waals surface area contributed by atoms with E-state index in [-0.39, 0.29) is 5.56 Å². The van der Waals surface area contributed by atoms with Crippen molar-refractivity contribution in [3.05, 3.63) is 27.1 Å². The van der Waals surface area contributed by atoms with E-state index in [9.17, 15) is 9.59 Å². The van der Waals surface area contributed by atoms with Gasteiger partial charge in [0.1, 0.15) is 10.9 Å². The second kappa shape index (κ2) is 5.83. The number of aryl methyl sites for hydroxylation is 1. The van der Waals surface area contributed by atoms with Crippen molar-refractivity contribution in [2.75, 3.05) is 7.11 Å². The van der Waals surface area contributed by atoms with Crippen molar-refractivity contribution in [1.82, 2.24) is 9.55 Å². The van der Waals surface area contributed by atoms with Crippen LogP contribution in [0.2, 0.25) is 0 Å². The van der Waals surface area contributed by atoms with E-state index >= 15 is 0 Å². The quantitative estimate of drug-likeness (QED) is 0.816. The van der Waals surface area contributed by atoms with Gasteiger partial charge in [-0.05, 0) is 37.2 Å². The molecule has 3 rings (SSSR count). The van der Waals surface area contributed by atoms with Gasteiger partial charge in [-0.1, -0.05) is 13.8 Å². The van der Waals surface area contributed by atoms with Crippen LogP contribution in [-0.4, -0.2) is 22.6 Å². The number of hydrogen-bond acceptors (Lipinski definition) is 5. The molecule has 0 amide bonds. The largest absolute Gasteiger partial charge is 0.467 e. The number of esters is 1. The fourth-order valence-corrected chi connectivity index (χ4v) is 4.52. The van der Waals surface area contributed by atoms with Crippen molar-refractivity contribution in [1.29, 1.82) is 0 Å². The topological polar surface area (TPSA) is 61.2 Å². The number of aromatic nitrogens is 2. The van der Waals surface area contributed by atoms with Gasteiger partial charge in [0.15, 0.2) is 0 Å². The Morgan fingerprint density at radius 1 is 1.59 bits per heavy atom. The van der Waals surface area contributed by atoms with Crippen LogP contribution in [0.15, 0.2) is 11.1 Å². The monoisotopic (exact) mass is 320 g/mol. The van der Waals surface area contributed by atoms with E-state index in [1.165, 1.54) is 22.9 Å². The number of carbonyl (C=O) groups is 1. The average molecular weight is 320 g/mol. The maximum atomic E-state index is 12.9. The molecule has 2 aromatic rings. The van der Waals surface area contributed by atoms with Crippen LogP contribution in [0.25, 0.3) is 10.2 Å². The van der Waals surface area contributed by atoms with Crippen molar-refractivity contribution in [3.8, 4) is 0 Å². The van der Waals surface area contributed by atoms with Gasteiger partial charge in [0, 0.05) is 4.88 Å². The third kappa shape index (κ3) is 2.35. The normalized spacial score (nSPS) is 19.0. The van der Waals surface area contributed by atoms with Crippen molar-refractivity contribution in [2.24, 2.45) is 5.92 Å². The molecule has 0 saturated carbocycles. The highest BCUT2D eigenvalue weighted by Crippen LogP contribution is 2.35. The highest BCUT2D eigenvalue weighted by Gasteiger charge is 2.26. The zero-order valence-corrected chi connectivity index (χ0v) is 13.9. The van der Waals surface area contributed by atoms with E-state index in [0.29, 0.717) is 17.7 Å². The van der Waals surface area contributed by atoms with Gasteiger partial charge in [-0.2, -0.15) is 0 Å². The van der Waals surface area contributed by atoms with E-state index in [1.54, 1.807) is 11.3 Å². The van der Waals surface area contributed by atoms with E-state index < -0.39 is 12.0 Å². The Morgan fingerprint density at radius 2 is 2.36 bits per heavy atom. The van der Waals surface area contributed by atoms with Gasteiger partial charge >= 0.3 is 5.97 Å². The van der Waals surface area contributed by atoms with Gasteiger partial charge in [0.05, 0.1) is 18.8 Å². The van der Waals surface area contributed by atoms with E-state index in [2.05, 4.69) is 11.9 Å². The van der Waals surface area contributed by atoms with Crippen molar-refractivity contribution in [2.45, 2.75) is 45.6 Å². The lowest BCUT2D eigenvalue weighted by molar-refractivity contribution is -0.144. The molecule has 0 saturated heterocycles. The summed E-state index contributed by atoms with van der Waals surface area (Å²) in [5.41, 5.74) is 1.03. The van der Waals surface area contributed by atoms with Crippen LogP contribution in [-0.2, 0) is 22.4 Å². The molecule has 118 valence electrons. The SMILES string of the molecule is CC[C@@H](C(=O)OC)n1cnc2sc3c(c2c1=O)CC[C@@H](C)C3. The third-order valence-corrected chi connectivity index (χ3v) is 5.60. The van der Waals surface area contributed by atoms with Crippen LogP contribution in [0.1, 0.15) is 43.2 Å². The molecule has 0 radical (unpaired) electrons. The average Bonchev–Trinajstić information content (AvgIpc) is 2.87. The molecule has 6 heteroatoms. The Kier molecular flexibility index (Phi) is 4.04. The summed E-state index contributed by atoms with van der Waals surface area (Å²) in [6.07, 6.45) is 5.03. The Morgan fingerprint density at radius 3 is 3.05 bits per heavy atom. The Labute approximate surface area is 132 Å². The van der Waals surface area contributed by atoms with E-state index in [1.807, 2.05) is 6.92 Å². The molecule has 1 aliphatic rings. The van der Waals surface area contributed by atoms with Gasteiger partial charge in [-0.25, -0.2) is 9.78 Å². The summed E-state index contributed by atoms with van der Waals surface area (Å²) >= 11 is 1.62. The molecule has 0 aliphatic heterocycles. The molecule has 5 nitrogen and oxygen atoms in total. The number of hydrogen-bond donors (Lipinski definition) is 0.